The largest absolute Gasteiger partial charge is 0.309 e. The van der Waals surface area contributed by atoms with Gasteiger partial charge in [0.05, 0.1) is 27.6 Å². The molecule has 3 heterocycles. The Morgan fingerprint density at radius 1 is 0.333 bits per heavy atom. The molecule has 12 rings (SSSR count). The molecule has 1 aliphatic rings. The van der Waals surface area contributed by atoms with Gasteiger partial charge in [-0.15, -0.1) is 0 Å². The summed E-state index contributed by atoms with van der Waals surface area (Å²) in [4.78, 5) is 0. The van der Waals surface area contributed by atoms with Crippen LogP contribution < -0.4 is 0 Å². The summed E-state index contributed by atoms with van der Waals surface area (Å²) in [5.41, 5.74) is 17.9. The van der Waals surface area contributed by atoms with Crippen LogP contribution in [0, 0.1) is 0 Å². The van der Waals surface area contributed by atoms with Crippen LogP contribution in [0.2, 0.25) is 0 Å². The van der Waals surface area contributed by atoms with Gasteiger partial charge in [-0.25, -0.2) is 0 Å². The highest BCUT2D eigenvalue weighted by Crippen LogP contribution is 2.42. The van der Waals surface area contributed by atoms with Gasteiger partial charge in [-0.05, 0) is 99.5 Å². The van der Waals surface area contributed by atoms with Crippen LogP contribution in [0.4, 0.5) is 0 Å². The normalized spacial score (nSPS) is 12.6. The van der Waals surface area contributed by atoms with E-state index in [1.807, 2.05) is 0 Å². The van der Waals surface area contributed by atoms with Gasteiger partial charge in [-0.3, -0.25) is 0 Å². The maximum Gasteiger partial charge on any atom is 0.0620 e. The number of hydrogen-bond donors (Lipinski definition) is 0. The molecule has 3 aromatic heterocycles. The summed E-state index contributed by atoms with van der Waals surface area (Å²) in [7, 11) is 0. The summed E-state index contributed by atoms with van der Waals surface area (Å²) in [5, 5.41) is 7.79. The van der Waals surface area contributed by atoms with E-state index < -0.39 is 0 Å². The standard InChI is InChI=1S/C49H30N2/c1-2-12-37-34(9-1)26-35-19-22-36(29-43(35)37)50-45-17-5-4-14-39(45)44-27-32(21-24-47(44)50)30-10-7-11-31(25-30)33-20-23-40-42-16-8-15-41-38-13-3-6-18-46(38)51(49(41)42)48(40)28-33/h1-25,27-29H,26H2. The number of nitrogens with zero attached hydrogens (tertiary/aromatic N) is 2. The SMILES string of the molecule is c1cc(-c2ccc3c(c2)c2ccccc2n3-c2ccc3c(c2)-c2ccccc2C3)cc(-c2ccc3c4cccc5c6ccccc6n(c3c2)c54)c1. The van der Waals surface area contributed by atoms with Crippen LogP contribution >= 0.6 is 0 Å². The van der Waals surface area contributed by atoms with Gasteiger partial charge in [-0.2, -0.15) is 0 Å². The number of benzene rings is 8. The molecule has 1 aliphatic carbocycles. The third-order valence-corrected chi connectivity index (χ3v) is 11.5. The number of rotatable bonds is 3. The fourth-order valence-corrected chi connectivity index (χ4v) is 9.17. The predicted octanol–water partition coefficient (Wildman–Crippen LogP) is 12.8. The maximum absolute atomic E-state index is 2.46. The van der Waals surface area contributed by atoms with Crippen molar-refractivity contribution in [2.24, 2.45) is 0 Å². The predicted molar refractivity (Wildman–Crippen MR) is 215 cm³/mol. The van der Waals surface area contributed by atoms with Gasteiger partial charge in [0.15, 0.2) is 0 Å². The summed E-state index contributed by atoms with van der Waals surface area (Å²) in [6.07, 6.45) is 1.01. The topological polar surface area (TPSA) is 9.34 Å². The van der Waals surface area contributed by atoms with Crippen molar-refractivity contribution >= 4 is 59.9 Å². The van der Waals surface area contributed by atoms with Crippen molar-refractivity contribution in [2.45, 2.75) is 6.42 Å². The van der Waals surface area contributed by atoms with Gasteiger partial charge < -0.3 is 8.97 Å². The molecule has 0 fully saturated rings. The Bertz CT molecular complexity index is 3230. The van der Waals surface area contributed by atoms with Gasteiger partial charge in [0.25, 0.3) is 0 Å². The van der Waals surface area contributed by atoms with E-state index in [-0.39, 0.29) is 0 Å². The summed E-state index contributed by atoms with van der Waals surface area (Å²) >= 11 is 0. The third-order valence-electron chi connectivity index (χ3n) is 11.5. The Morgan fingerprint density at radius 2 is 0.941 bits per heavy atom. The molecule has 2 heteroatoms. The van der Waals surface area contributed by atoms with Crippen LogP contribution in [-0.4, -0.2) is 8.97 Å². The highest BCUT2D eigenvalue weighted by Gasteiger charge is 2.21. The number of para-hydroxylation sites is 3. The van der Waals surface area contributed by atoms with Crippen LogP contribution in [0.25, 0.3) is 99.0 Å². The van der Waals surface area contributed by atoms with Crippen LogP contribution in [0.1, 0.15) is 11.1 Å². The maximum atomic E-state index is 2.46. The molecule has 0 unspecified atom stereocenters. The van der Waals surface area contributed by atoms with E-state index in [1.54, 1.807) is 0 Å². The van der Waals surface area contributed by atoms with E-state index in [0.717, 1.165) is 6.42 Å². The molecule has 0 N–H and O–H groups in total. The lowest BCUT2D eigenvalue weighted by Crippen LogP contribution is -1.95. The Labute approximate surface area is 294 Å². The molecular weight excluding hydrogens is 617 g/mol. The zero-order chi connectivity index (χ0) is 33.2. The van der Waals surface area contributed by atoms with Gasteiger partial charge >= 0.3 is 0 Å². The first kappa shape index (κ1) is 27.2. The van der Waals surface area contributed by atoms with E-state index >= 15 is 0 Å². The summed E-state index contributed by atoms with van der Waals surface area (Å²) in [6.45, 7) is 0. The van der Waals surface area contributed by atoms with Crippen molar-refractivity contribution in [2.75, 3.05) is 0 Å². The average molecular weight is 647 g/mol. The molecule has 11 aromatic rings. The second-order valence-corrected chi connectivity index (χ2v) is 14.1. The van der Waals surface area contributed by atoms with Gasteiger partial charge in [0.2, 0.25) is 0 Å². The summed E-state index contributed by atoms with van der Waals surface area (Å²) < 4.78 is 4.91. The molecule has 8 aromatic carbocycles. The van der Waals surface area contributed by atoms with Crippen LogP contribution in [0.3, 0.4) is 0 Å². The molecule has 2 nitrogen and oxygen atoms in total. The van der Waals surface area contributed by atoms with Gasteiger partial charge in [0.1, 0.15) is 0 Å². The monoisotopic (exact) mass is 646 g/mol. The van der Waals surface area contributed by atoms with Gasteiger partial charge in [-0.1, -0.05) is 121 Å². The first-order valence-electron chi connectivity index (χ1n) is 17.8. The fraction of sp³-hybridized carbons (Fsp3) is 0.0204. The van der Waals surface area contributed by atoms with Crippen LogP contribution in [0.15, 0.2) is 170 Å². The van der Waals surface area contributed by atoms with E-state index in [2.05, 4.69) is 179 Å². The quantitative estimate of drug-likeness (QED) is 0.181. The summed E-state index contributed by atoms with van der Waals surface area (Å²) in [5.74, 6) is 0. The minimum absolute atomic E-state index is 1.01. The minimum Gasteiger partial charge on any atom is -0.309 e. The molecule has 0 saturated carbocycles. The fourth-order valence-electron chi connectivity index (χ4n) is 9.17. The lowest BCUT2D eigenvalue weighted by molar-refractivity contribution is 1.17. The molecule has 0 saturated heterocycles. The number of hydrogen-bond acceptors (Lipinski definition) is 0. The lowest BCUT2D eigenvalue weighted by Gasteiger charge is -2.11. The van der Waals surface area contributed by atoms with Crippen molar-refractivity contribution in [1.82, 2.24) is 8.97 Å². The highest BCUT2D eigenvalue weighted by molar-refractivity contribution is 6.23. The minimum atomic E-state index is 1.01. The van der Waals surface area contributed by atoms with Crippen molar-refractivity contribution in [1.29, 1.82) is 0 Å². The molecule has 236 valence electrons. The highest BCUT2D eigenvalue weighted by atomic mass is 15.0. The Balaban J connectivity index is 0.997. The number of fused-ring (bicyclic) bond motifs is 12. The average Bonchev–Trinajstić information content (AvgIpc) is 3.93. The van der Waals surface area contributed by atoms with Crippen molar-refractivity contribution in [3.05, 3.63) is 181 Å². The Hall–Kier alpha value is -6.64. The van der Waals surface area contributed by atoms with E-state index in [4.69, 9.17) is 0 Å². The second kappa shape index (κ2) is 9.97. The Kier molecular flexibility index (Phi) is 5.32. The molecule has 0 spiro atoms. The Morgan fingerprint density at radius 3 is 1.80 bits per heavy atom. The zero-order valence-corrected chi connectivity index (χ0v) is 27.8. The van der Waals surface area contributed by atoms with Crippen molar-refractivity contribution < 1.29 is 0 Å². The molecular formula is C49H30N2. The van der Waals surface area contributed by atoms with E-state index in [1.165, 1.54) is 110 Å². The molecule has 0 radical (unpaired) electrons. The lowest BCUT2D eigenvalue weighted by atomic mass is 9.97. The van der Waals surface area contributed by atoms with Gasteiger partial charge in [0, 0.05) is 38.0 Å². The third kappa shape index (κ3) is 3.71. The molecule has 51 heavy (non-hydrogen) atoms. The van der Waals surface area contributed by atoms with Crippen LogP contribution in [0.5, 0.6) is 0 Å². The van der Waals surface area contributed by atoms with E-state index in [9.17, 15) is 0 Å². The first-order chi connectivity index (χ1) is 25.3. The number of aromatic nitrogens is 2. The zero-order valence-electron chi connectivity index (χ0n) is 27.8. The van der Waals surface area contributed by atoms with Crippen LogP contribution in [-0.2, 0) is 6.42 Å². The van der Waals surface area contributed by atoms with E-state index in [0.29, 0.717) is 0 Å². The second-order valence-electron chi connectivity index (χ2n) is 14.1. The van der Waals surface area contributed by atoms with Crippen molar-refractivity contribution in [3.8, 4) is 39.1 Å². The van der Waals surface area contributed by atoms with Crippen molar-refractivity contribution in [3.63, 3.8) is 0 Å². The summed E-state index contributed by atoms with van der Waals surface area (Å²) in [6, 6.07) is 63.2. The molecule has 0 aliphatic heterocycles. The molecule has 0 amide bonds. The molecule has 0 atom stereocenters. The first-order valence-corrected chi connectivity index (χ1v) is 17.8. The molecule has 0 bridgehead atoms. The smallest absolute Gasteiger partial charge is 0.0620 e.